The summed E-state index contributed by atoms with van der Waals surface area (Å²) in [5.74, 6) is 0.329. The molecule has 104 valence electrons. The summed E-state index contributed by atoms with van der Waals surface area (Å²) in [6.07, 6.45) is -1.16. The third kappa shape index (κ3) is 8.13. The fourth-order valence-electron chi connectivity index (χ4n) is 0.910. The van der Waals surface area contributed by atoms with Crippen molar-refractivity contribution >= 4 is 35.8 Å². The highest BCUT2D eigenvalue weighted by Crippen LogP contribution is 2.21. The van der Waals surface area contributed by atoms with Crippen molar-refractivity contribution in [3.05, 3.63) is 24.3 Å². The van der Waals surface area contributed by atoms with Crippen LogP contribution in [0.4, 0.5) is 10.5 Å². The minimum Gasteiger partial charge on any atom is -0.530 e. The number of carbonyl (C=O) groups is 1. The lowest BCUT2D eigenvalue weighted by molar-refractivity contribution is -0.262. The standard InChI is InChI=1S/C9H13NO.C3H7NO2.HI/c1-10(2,3)8-5-4-6-9(11)7-8;1-4(2)3(5)6;/h4-7H,1-3H3;1-2H3,(H,5,6);1H. The number of benzene rings is 1. The number of quaternary nitrogens is 1. The Labute approximate surface area is 125 Å². The molecule has 1 aromatic rings. The first-order chi connectivity index (χ1) is 7.64. The lowest BCUT2D eigenvalue weighted by atomic mass is 10.2. The molecule has 1 amide bonds. The van der Waals surface area contributed by atoms with Crippen LogP contribution < -0.4 is 9.59 Å². The van der Waals surface area contributed by atoms with Crippen molar-refractivity contribution in [2.45, 2.75) is 0 Å². The van der Waals surface area contributed by atoms with Crippen molar-refractivity contribution in [2.24, 2.45) is 0 Å². The summed E-state index contributed by atoms with van der Waals surface area (Å²) in [5, 5.41) is 18.7. The molecule has 0 aliphatic heterocycles. The second-order valence-electron chi connectivity index (χ2n) is 4.69. The molecular formula is C12H21IN2O3. The number of hydrogen-bond donors (Lipinski definition) is 1. The molecule has 0 fully saturated rings. The number of phenols is 1. The molecule has 5 nitrogen and oxygen atoms in total. The van der Waals surface area contributed by atoms with Crippen LogP contribution in [0.3, 0.4) is 0 Å². The summed E-state index contributed by atoms with van der Waals surface area (Å²) in [6.45, 7) is 0. The van der Waals surface area contributed by atoms with E-state index in [1.165, 1.54) is 14.1 Å². The first-order valence-electron chi connectivity index (χ1n) is 5.14. The van der Waals surface area contributed by atoms with Gasteiger partial charge in [-0.05, 0) is 12.1 Å². The quantitative estimate of drug-likeness (QED) is 0.597. The molecule has 18 heavy (non-hydrogen) atoms. The van der Waals surface area contributed by atoms with Gasteiger partial charge in [-0.2, -0.15) is 0 Å². The third-order valence-electron chi connectivity index (χ3n) is 1.97. The predicted molar refractivity (Wildman–Crippen MR) is 82.2 cm³/mol. The van der Waals surface area contributed by atoms with Gasteiger partial charge < -0.3 is 19.9 Å². The van der Waals surface area contributed by atoms with Crippen LogP contribution in [0.15, 0.2) is 24.3 Å². The highest BCUT2D eigenvalue weighted by molar-refractivity contribution is 14.0. The average Bonchev–Trinajstić information content (AvgIpc) is 2.17. The molecule has 0 bridgehead atoms. The Morgan fingerprint density at radius 2 is 1.72 bits per heavy atom. The normalized spacial score (nSPS) is 9.61. The van der Waals surface area contributed by atoms with Gasteiger partial charge in [0.15, 0.2) is 0 Å². The highest BCUT2D eigenvalue weighted by Gasteiger charge is 2.11. The van der Waals surface area contributed by atoms with Crippen LogP contribution in [0.5, 0.6) is 5.75 Å². The van der Waals surface area contributed by atoms with Crippen LogP contribution >= 0.6 is 24.0 Å². The Bertz CT molecular complexity index is 376. The largest absolute Gasteiger partial charge is 0.530 e. The van der Waals surface area contributed by atoms with E-state index in [9.17, 15) is 9.90 Å². The van der Waals surface area contributed by atoms with Crippen molar-refractivity contribution in [2.75, 3.05) is 35.2 Å². The van der Waals surface area contributed by atoms with E-state index in [-0.39, 0.29) is 24.0 Å². The number of halogens is 1. The topological polar surface area (TPSA) is 63.6 Å². The van der Waals surface area contributed by atoms with Gasteiger partial charge in [0.1, 0.15) is 17.5 Å². The van der Waals surface area contributed by atoms with E-state index in [0.717, 1.165) is 15.1 Å². The van der Waals surface area contributed by atoms with Crippen molar-refractivity contribution in [1.82, 2.24) is 9.38 Å². The fourth-order valence-corrected chi connectivity index (χ4v) is 0.910. The molecule has 1 N–H and O–H groups in total. The van der Waals surface area contributed by atoms with Gasteiger partial charge in [0, 0.05) is 20.2 Å². The first-order valence-corrected chi connectivity index (χ1v) is 5.14. The zero-order valence-corrected chi connectivity index (χ0v) is 13.7. The zero-order chi connectivity index (χ0) is 13.6. The number of carbonyl (C=O) groups excluding carboxylic acids is 1. The average molecular weight is 368 g/mol. The minimum absolute atomic E-state index is 0. The molecule has 0 atom stereocenters. The third-order valence-corrected chi connectivity index (χ3v) is 1.97. The molecule has 0 spiro atoms. The molecule has 0 aliphatic carbocycles. The molecule has 6 heteroatoms. The van der Waals surface area contributed by atoms with Crippen molar-refractivity contribution in [1.29, 1.82) is 0 Å². The van der Waals surface area contributed by atoms with Gasteiger partial charge in [0.2, 0.25) is 0 Å². The summed E-state index contributed by atoms with van der Waals surface area (Å²) in [6, 6.07) is 7.31. The molecular weight excluding hydrogens is 347 g/mol. The molecule has 1 aromatic carbocycles. The Kier molecular flexibility index (Phi) is 8.75. The molecule has 0 saturated heterocycles. The second-order valence-corrected chi connectivity index (χ2v) is 4.69. The number of nitrogens with zero attached hydrogens (tertiary/aromatic N) is 2. The first kappa shape index (κ1) is 19.3. The van der Waals surface area contributed by atoms with E-state index in [4.69, 9.17) is 5.11 Å². The number of hydrogen-bond acceptors (Lipinski definition) is 3. The monoisotopic (exact) mass is 368 g/mol. The molecule has 0 saturated carbocycles. The summed E-state index contributed by atoms with van der Waals surface area (Å²) in [7, 11) is 9.02. The van der Waals surface area contributed by atoms with Crippen LogP contribution in [0.2, 0.25) is 0 Å². The van der Waals surface area contributed by atoms with E-state index in [0.29, 0.717) is 5.75 Å². The SMILES string of the molecule is CN(C)C(=O)[O-].C[N+](C)(C)c1cccc(O)c1.I. The van der Waals surface area contributed by atoms with E-state index in [1.807, 2.05) is 12.1 Å². The number of phenolic OH excluding ortho intramolecular Hbond substituents is 1. The van der Waals surface area contributed by atoms with Gasteiger partial charge in [-0.1, -0.05) is 6.07 Å². The maximum Gasteiger partial charge on any atom is 0.136 e. The molecule has 0 aromatic heterocycles. The lowest BCUT2D eigenvalue weighted by Gasteiger charge is -2.23. The van der Waals surface area contributed by atoms with Crippen LogP contribution in [-0.4, -0.2) is 51.3 Å². The maximum absolute atomic E-state index is 9.51. The summed E-state index contributed by atoms with van der Waals surface area (Å²) in [5.41, 5.74) is 1.10. The number of rotatable bonds is 1. The van der Waals surface area contributed by atoms with Crippen LogP contribution in [0.25, 0.3) is 0 Å². The Hall–Kier alpha value is -1.02. The Morgan fingerprint density at radius 1 is 1.28 bits per heavy atom. The minimum atomic E-state index is -1.16. The van der Waals surface area contributed by atoms with E-state index in [1.54, 1.807) is 12.1 Å². The number of carboxylic acid groups (broad SMARTS) is 1. The van der Waals surface area contributed by atoms with E-state index >= 15 is 0 Å². The molecule has 0 heterocycles. The molecule has 0 unspecified atom stereocenters. The van der Waals surface area contributed by atoms with Gasteiger partial charge in [-0.3, -0.25) is 4.48 Å². The van der Waals surface area contributed by atoms with Gasteiger partial charge >= 0.3 is 0 Å². The summed E-state index contributed by atoms with van der Waals surface area (Å²) >= 11 is 0. The summed E-state index contributed by atoms with van der Waals surface area (Å²) in [4.78, 5) is 10.5. The smallest absolute Gasteiger partial charge is 0.136 e. The molecule has 0 radical (unpaired) electrons. The van der Waals surface area contributed by atoms with Gasteiger partial charge in [0.25, 0.3) is 0 Å². The highest BCUT2D eigenvalue weighted by atomic mass is 127. The van der Waals surface area contributed by atoms with Gasteiger partial charge in [-0.15, -0.1) is 24.0 Å². The van der Waals surface area contributed by atoms with E-state index < -0.39 is 6.09 Å². The van der Waals surface area contributed by atoms with Crippen LogP contribution in [-0.2, 0) is 0 Å². The molecule has 1 rings (SSSR count). The number of amides is 1. The van der Waals surface area contributed by atoms with Gasteiger partial charge in [-0.25, -0.2) is 0 Å². The zero-order valence-electron chi connectivity index (χ0n) is 11.4. The second kappa shape index (κ2) is 8.15. The van der Waals surface area contributed by atoms with Crippen LogP contribution in [0.1, 0.15) is 0 Å². The van der Waals surface area contributed by atoms with Crippen molar-refractivity contribution in [3.63, 3.8) is 0 Å². The lowest BCUT2D eigenvalue weighted by Crippen LogP contribution is -2.35. The van der Waals surface area contributed by atoms with Crippen LogP contribution in [0, 0.1) is 0 Å². The Balaban J connectivity index is 0. The molecule has 0 aliphatic rings. The van der Waals surface area contributed by atoms with Gasteiger partial charge in [0.05, 0.1) is 21.1 Å². The predicted octanol–water partition coefficient (Wildman–Crippen LogP) is 1.10. The van der Waals surface area contributed by atoms with E-state index in [2.05, 4.69) is 21.1 Å². The Morgan fingerprint density at radius 3 is 1.94 bits per heavy atom. The number of aromatic hydroxyl groups is 1. The maximum atomic E-state index is 9.51. The summed E-state index contributed by atoms with van der Waals surface area (Å²) < 4.78 is 0.731. The van der Waals surface area contributed by atoms with Crippen molar-refractivity contribution < 1.29 is 15.0 Å². The van der Waals surface area contributed by atoms with Crippen molar-refractivity contribution in [3.8, 4) is 5.75 Å². The fraction of sp³-hybridized carbons (Fsp3) is 0.417.